The zero-order valence-corrected chi connectivity index (χ0v) is 13.8. The minimum absolute atomic E-state index is 0.0264. The summed E-state index contributed by atoms with van der Waals surface area (Å²) in [4.78, 5) is 2.31. The Bertz CT molecular complexity index is 464. The van der Waals surface area contributed by atoms with E-state index in [0.29, 0.717) is 24.6 Å². The molecule has 1 heterocycles. The van der Waals surface area contributed by atoms with Gasteiger partial charge in [0, 0.05) is 19.6 Å². The van der Waals surface area contributed by atoms with Gasteiger partial charge in [0.05, 0.1) is 19.8 Å². The number of aliphatic hydroxyl groups is 2. The standard InChI is InChI=1S/C17H28N2O4/c1-22-17-10-14(4-5-16(17)23-9-8-20)11-18-12-15(21)13-19-6-2-3-7-19/h4-5,10,15,18,20-21H,2-3,6-9,11-13H2,1H3. The van der Waals surface area contributed by atoms with Crippen LogP contribution in [0.1, 0.15) is 18.4 Å². The number of β-amino-alcohol motifs (C(OH)–C–C–N with tert-alkyl or cyclic N) is 1. The normalized spacial score (nSPS) is 16.5. The van der Waals surface area contributed by atoms with E-state index in [0.717, 1.165) is 25.2 Å². The van der Waals surface area contributed by atoms with Crippen molar-refractivity contribution < 1.29 is 19.7 Å². The van der Waals surface area contributed by atoms with E-state index in [9.17, 15) is 5.11 Å². The molecular weight excluding hydrogens is 296 g/mol. The molecule has 130 valence electrons. The molecule has 0 aromatic heterocycles. The van der Waals surface area contributed by atoms with E-state index in [1.54, 1.807) is 7.11 Å². The predicted octanol–water partition coefficient (Wildman–Crippen LogP) is 0.613. The molecule has 23 heavy (non-hydrogen) atoms. The van der Waals surface area contributed by atoms with Crippen molar-refractivity contribution in [1.29, 1.82) is 0 Å². The highest BCUT2D eigenvalue weighted by molar-refractivity contribution is 5.42. The first-order valence-electron chi connectivity index (χ1n) is 8.24. The van der Waals surface area contributed by atoms with Crippen LogP contribution in [0.3, 0.4) is 0 Å². The number of aliphatic hydroxyl groups excluding tert-OH is 2. The van der Waals surface area contributed by atoms with Crippen LogP contribution in [0.2, 0.25) is 0 Å². The second kappa shape index (κ2) is 9.72. The molecule has 0 spiro atoms. The van der Waals surface area contributed by atoms with Crippen molar-refractivity contribution in [2.75, 3.05) is 46.5 Å². The van der Waals surface area contributed by atoms with Gasteiger partial charge in [-0.3, -0.25) is 0 Å². The number of rotatable bonds is 10. The summed E-state index contributed by atoms with van der Waals surface area (Å²) in [6.45, 7) is 4.39. The summed E-state index contributed by atoms with van der Waals surface area (Å²) in [5.41, 5.74) is 1.06. The molecule has 6 heteroatoms. The van der Waals surface area contributed by atoms with Gasteiger partial charge < -0.3 is 29.9 Å². The Labute approximate surface area is 138 Å². The van der Waals surface area contributed by atoms with Gasteiger partial charge in [-0.1, -0.05) is 6.07 Å². The number of hydrogen-bond acceptors (Lipinski definition) is 6. The quantitative estimate of drug-likeness (QED) is 0.586. The van der Waals surface area contributed by atoms with E-state index in [1.807, 2.05) is 18.2 Å². The van der Waals surface area contributed by atoms with Gasteiger partial charge in [0.1, 0.15) is 6.61 Å². The fraction of sp³-hybridized carbons (Fsp3) is 0.647. The Kier molecular flexibility index (Phi) is 7.61. The summed E-state index contributed by atoms with van der Waals surface area (Å²) < 4.78 is 10.7. The molecule has 1 fully saturated rings. The summed E-state index contributed by atoms with van der Waals surface area (Å²) in [6.07, 6.45) is 2.14. The SMILES string of the molecule is COc1cc(CNCC(O)CN2CCCC2)ccc1OCCO. The number of hydrogen-bond donors (Lipinski definition) is 3. The predicted molar refractivity (Wildman–Crippen MR) is 89.0 cm³/mol. The van der Waals surface area contributed by atoms with Gasteiger partial charge in [-0.2, -0.15) is 0 Å². The fourth-order valence-electron chi connectivity index (χ4n) is 2.81. The van der Waals surface area contributed by atoms with Gasteiger partial charge in [0.2, 0.25) is 0 Å². The summed E-state index contributed by atoms with van der Waals surface area (Å²) in [6, 6.07) is 5.70. The first kappa shape index (κ1) is 18.0. The lowest BCUT2D eigenvalue weighted by Crippen LogP contribution is -2.36. The average molecular weight is 324 g/mol. The van der Waals surface area contributed by atoms with Gasteiger partial charge in [0.25, 0.3) is 0 Å². The maximum atomic E-state index is 10.1. The summed E-state index contributed by atoms with van der Waals surface area (Å²) in [5.74, 6) is 1.27. The number of likely N-dealkylation sites (tertiary alicyclic amines) is 1. The van der Waals surface area contributed by atoms with Crippen LogP contribution in [0.4, 0.5) is 0 Å². The average Bonchev–Trinajstić information content (AvgIpc) is 3.06. The van der Waals surface area contributed by atoms with Crippen LogP contribution in [-0.4, -0.2) is 67.7 Å². The van der Waals surface area contributed by atoms with Crippen LogP contribution >= 0.6 is 0 Å². The molecule has 1 aromatic rings. The highest BCUT2D eigenvalue weighted by atomic mass is 16.5. The van der Waals surface area contributed by atoms with Crippen molar-refractivity contribution in [2.24, 2.45) is 0 Å². The Morgan fingerprint density at radius 1 is 1.26 bits per heavy atom. The largest absolute Gasteiger partial charge is 0.493 e. The van der Waals surface area contributed by atoms with Crippen LogP contribution in [0, 0.1) is 0 Å². The summed E-state index contributed by atoms with van der Waals surface area (Å²) >= 11 is 0. The molecule has 1 atom stereocenters. The van der Waals surface area contributed by atoms with Gasteiger partial charge in [-0.05, 0) is 43.6 Å². The first-order chi connectivity index (χ1) is 11.2. The van der Waals surface area contributed by atoms with Gasteiger partial charge >= 0.3 is 0 Å². The molecule has 6 nitrogen and oxygen atoms in total. The molecule has 0 amide bonds. The second-order valence-electron chi connectivity index (χ2n) is 5.85. The van der Waals surface area contributed by atoms with Crippen LogP contribution < -0.4 is 14.8 Å². The van der Waals surface area contributed by atoms with Gasteiger partial charge in [-0.15, -0.1) is 0 Å². The third-order valence-electron chi connectivity index (χ3n) is 3.95. The third kappa shape index (κ3) is 5.99. The van der Waals surface area contributed by atoms with Gasteiger partial charge in [-0.25, -0.2) is 0 Å². The van der Waals surface area contributed by atoms with E-state index in [1.165, 1.54) is 12.8 Å². The van der Waals surface area contributed by atoms with E-state index in [2.05, 4.69) is 10.2 Å². The molecule has 1 aliphatic heterocycles. The number of benzene rings is 1. The second-order valence-corrected chi connectivity index (χ2v) is 5.85. The molecule has 1 unspecified atom stereocenters. The van der Waals surface area contributed by atoms with E-state index >= 15 is 0 Å². The molecule has 0 radical (unpaired) electrons. The Morgan fingerprint density at radius 2 is 2.04 bits per heavy atom. The van der Waals surface area contributed by atoms with Crippen molar-refractivity contribution in [2.45, 2.75) is 25.5 Å². The minimum Gasteiger partial charge on any atom is -0.493 e. The molecule has 0 aliphatic carbocycles. The van der Waals surface area contributed by atoms with Crippen molar-refractivity contribution in [3.63, 3.8) is 0 Å². The number of nitrogens with one attached hydrogen (secondary N) is 1. The van der Waals surface area contributed by atoms with Crippen molar-refractivity contribution in [1.82, 2.24) is 10.2 Å². The number of nitrogens with zero attached hydrogens (tertiary/aromatic N) is 1. The minimum atomic E-state index is -0.345. The Balaban J connectivity index is 1.76. The van der Waals surface area contributed by atoms with Crippen LogP contribution in [0.5, 0.6) is 11.5 Å². The molecule has 3 N–H and O–H groups in total. The monoisotopic (exact) mass is 324 g/mol. The fourth-order valence-corrected chi connectivity index (χ4v) is 2.81. The molecule has 1 aromatic carbocycles. The highest BCUT2D eigenvalue weighted by Crippen LogP contribution is 2.27. The molecule has 1 aliphatic rings. The molecular formula is C17H28N2O4. The van der Waals surface area contributed by atoms with Crippen LogP contribution in [0.15, 0.2) is 18.2 Å². The van der Waals surface area contributed by atoms with Crippen molar-refractivity contribution >= 4 is 0 Å². The van der Waals surface area contributed by atoms with Crippen molar-refractivity contribution in [3.05, 3.63) is 23.8 Å². The number of methoxy groups -OCH3 is 1. The molecule has 0 bridgehead atoms. The number of ether oxygens (including phenoxy) is 2. The Hall–Kier alpha value is -1.34. The smallest absolute Gasteiger partial charge is 0.161 e. The van der Waals surface area contributed by atoms with Crippen molar-refractivity contribution in [3.8, 4) is 11.5 Å². The molecule has 2 rings (SSSR count). The topological polar surface area (TPSA) is 74.2 Å². The van der Waals surface area contributed by atoms with Gasteiger partial charge in [0.15, 0.2) is 11.5 Å². The van der Waals surface area contributed by atoms with E-state index in [-0.39, 0.29) is 19.3 Å². The summed E-state index contributed by atoms with van der Waals surface area (Å²) in [7, 11) is 1.60. The van der Waals surface area contributed by atoms with Crippen LogP contribution in [-0.2, 0) is 6.54 Å². The third-order valence-corrected chi connectivity index (χ3v) is 3.95. The first-order valence-corrected chi connectivity index (χ1v) is 8.24. The zero-order chi connectivity index (χ0) is 16.5. The lowest BCUT2D eigenvalue weighted by Gasteiger charge is -2.19. The van der Waals surface area contributed by atoms with E-state index in [4.69, 9.17) is 14.6 Å². The molecule has 0 saturated carbocycles. The lowest BCUT2D eigenvalue weighted by atomic mass is 10.2. The maximum Gasteiger partial charge on any atom is 0.161 e. The maximum absolute atomic E-state index is 10.1. The Morgan fingerprint density at radius 3 is 2.74 bits per heavy atom. The van der Waals surface area contributed by atoms with E-state index < -0.39 is 0 Å². The highest BCUT2D eigenvalue weighted by Gasteiger charge is 2.15. The summed E-state index contributed by atoms with van der Waals surface area (Å²) in [5, 5.41) is 22.1. The molecule has 1 saturated heterocycles. The zero-order valence-electron chi connectivity index (χ0n) is 13.8. The lowest BCUT2D eigenvalue weighted by molar-refractivity contribution is 0.123. The van der Waals surface area contributed by atoms with Crippen LogP contribution in [0.25, 0.3) is 0 Å².